The smallest absolute Gasteiger partial charge is 0.263 e. The molecule has 1 atom stereocenters. The van der Waals surface area contributed by atoms with E-state index in [1.54, 1.807) is 23.1 Å². The Bertz CT molecular complexity index is 1040. The number of hydrogen-bond donors (Lipinski definition) is 1. The van der Waals surface area contributed by atoms with Crippen LogP contribution in [0.2, 0.25) is 5.02 Å². The van der Waals surface area contributed by atoms with Crippen LogP contribution in [0, 0.1) is 0 Å². The van der Waals surface area contributed by atoms with E-state index in [-0.39, 0.29) is 12.7 Å². The van der Waals surface area contributed by atoms with E-state index in [9.17, 15) is 4.79 Å². The van der Waals surface area contributed by atoms with Crippen molar-refractivity contribution in [3.05, 3.63) is 76.9 Å². The topological polar surface area (TPSA) is 63.7 Å². The van der Waals surface area contributed by atoms with Crippen molar-refractivity contribution < 1.29 is 14.3 Å². The Morgan fingerprint density at radius 1 is 1.07 bits per heavy atom. The van der Waals surface area contributed by atoms with Crippen molar-refractivity contribution in [1.29, 1.82) is 0 Å². The van der Waals surface area contributed by atoms with E-state index >= 15 is 0 Å². The molecule has 0 bridgehead atoms. The molecule has 0 radical (unpaired) electrons. The van der Waals surface area contributed by atoms with Gasteiger partial charge in [0.25, 0.3) is 5.91 Å². The first kappa shape index (κ1) is 16.0. The molecule has 0 spiro atoms. The number of fused-ring (bicyclic) bond motifs is 2. The van der Waals surface area contributed by atoms with Crippen LogP contribution in [0.5, 0.6) is 11.5 Å². The Hall–Kier alpha value is -3.25. The molecule has 3 heterocycles. The summed E-state index contributed by atoms with van der Waals surface area (Å²) in [6.45, 7) is 0.156. The van der Waals surface area contributed by atoms with Crippen LogP contribution in [-0.2, 0) is 0 Å². The van der Waals surface area contributed by atoms with Gasteiger partial charge in [-0.15, -0.1) is 0 Å². The minimum Gasteiger partial charge on any atom is -0.454 e. The number of carbonyl (C=O) groups excluding carboxylic acids is 1. The average molecular weight is 380 g/mol. The van der Waals surface area contributed by atoms with Crippen molar-refractivity contribution in [3.63, 3.8) is 0 Å². The molecule has 27 heavy (non-hydrogen) atoms. The van der Waals surface area contributed by atoms with Gasteiger partial charge in [-0.3, -0.25) is 9.69 Å². The fourth-order valence-corrected chi connectivity index (χ4v) is 3.50. The van der Waals surface area contributed by atoms with Crippen LogP contribution in [-0.4, -0.2) is 17.7 Å². The number of carbonyl (C=O) groups is 1. The molecule has 1 aromatic heterocycles. The Balaban J connectivity index is 1.69. The first-order valence-corrected chi connectivity index (χ1v) is 8.79. The van der Waals surface area contributed by atoms with Gasteiger partial charge in [0, 0.05) is 17.4 Å². The van der Waals surface area contributed by atoms with Crippen molar-refractivity contribution in [3.8, 4) is 11.5 Å². The maximum Gasteiger partial charge on any atom is 0.263 e. The number of nitrogens with zero attached hydrogens (tertiary/aromatic N) is 2. The molecule has 134 valence electrons. The molecular weight excluding hydrogens is 366 g/mol. The second-order valence-electron chi connectivity index (χ2n) is 6.18. The van der Waals surface area contributed by atoms with Crippen molar-refractivity contribution in [2.45, 2.75) is 6.17 Å². The van der Waals surface area contributed by atoms with Gasteiger partial charge < -0.3 is 14.8 Å². The minimum absolute atomic E-state index is 0.152. The molecule has 2 aromatic carbocycles. The lowest BCUT2D eigenvalue weighted by atomic mass is 10.0. The number of pyridine rings is 1. The molecule has 2 aliphatic rings. The standard InChI is InChI=1S/C20H14ClN3O3/c21-12-8-9-17(22-10-12)24-19(14-5-3-7-16-18(14)27-11-26-16)23-15-6-2-1-4-13(15)20(24)25/h1-10,19,23H,11H2. The molecule has 2 aliphatic heterocycles. The highest BCUT2D eigenvalue weighted by Crippen LogP contribution is 2.44. The first-order chi connectivity index (χ1) is 13.2. The first-order valence-electron chi connectivity index (χ1n) is 8.41. The van der Waals surface area contributed by atoms with Crippen LogP contribution >= 0.6 is 11.6 Å². The molecule has 1 unspecified atom stereocenters. The third kappa shape index (κ3) is 2.57. The predicted octanol–water partition coefficient (Wildman–Crippen LogP) is 4.23. The van der Waals surface area contributed by atoms with Crippen LogP contribution in [0.1, 0.15) is 22.1 Å². The van der Waals surface area contributed by atoms with Crippen molar-refractivity contribution in [2.75, 3.05) is 17.0 Å². The van der Waals surface area contributed by atoms with Gasteiger partial charge in [-0.05, 0) is 30.3 Å². The molecule has 5 rings (SSSR count). The van der Waals surface area contributed by atoms with Gasteiger partial charge in [0.1, 0.15) is 12.0 Å². The summed E-state index contributed by atoms with van der Waals surface area (Å²) >= 11 is 5.98. The summed E-state index contributed by atoms with van der Waals surface area (Å²) in [5.74, 6) is 1.62. The number of halogens is 1. The summed E-state index contributed by atoms with van der Waals surface area (Å²) in [6, 6.07) is 16.5. The van der Waals surface area contributed by atoms with Crippen LogP contribution in [0.4, 0.5) is 11.5 Å². The third-order valence-corrected chi connectivity index (χ3v) is 4.83. The van der Waals surface area contributed by atoms with Gasteiger partial charge in [0.05, 0.1) is 10.6 Å². The maximum absolute atomic E-state index is 13.3. The zero-order chi connectivity index (χ0) is 18.4. The summed E-state index contributed by atoms with van der Waals surface area (Å²) < 4.78 is 11.2. The number of ether oxygens (including phenoxy) is 2. The van der Waals surface area contributed by atoms with E-state index in [4.69, 9.17) is 21.1 Å². The quantitative estimate of drug-likeness (QED) is 0.721. The number of para-hydroxylation sites is 2. The van der Waals surface area contributed by atoms with Gasteiger partial charge >= 0.3 is 0 Å². The molecule has 1 amide bonds. The van der Waals surface area contributed by atoms with E-state index in [1.165, 1.54) is 6.20 Å². The lowest BCUT2D eigenvalue weighted by Crippen LogP contribution is -2.43. The highest BCUT2D eigenvalue weighted by Gasteiger charge is 2.37. The minimum atomic E-state index is -0.502. The van der Waals surface area contributed by atoms with Gasteiger partial charge in [0.15, 0.2) is 11.5 Å². The fraction of sp³-hybridized carbons (Fsp3) is 0.100. The van der Waals surface area contributed by atoms with Crippen molar-refractivity contribution >= 4 is 29.0 Å². The summed E-state index contributed by atoms with van der Waals surface area (Å²) in [4.78, 5) is 19.3. The van der Waals surface area contributed by atoms with Crippen molar-refractivity contribution in [1.82, 2.24) is 4.98 Å². The molecule has 6 nitrogen and oxygen atoms in total. The Kier molecular flexibility index (Phi) is 3.65. The largest absolute Gasteiger partial charge is 0.454 e. The molecule has 3 aromatic rings. The summed E-state index contributed by atoms with van der Waals surface area (Å²) in [7, 11) is 0. The van der Waals surface area contributed by atoms with Crippen LogP contribution in [0.15, 0.2) is 60.8 Å². The molecule has 0 saturated carbocycles. The van der Waals surface area contributed by atoms with E-state index < -0.39 is 6.17 Å². The highest BCUT2D eigenvalue weighted by atomic mass is 35.5. The number of hydrogen-bond acceptors (Lipinski definition) is 5. The maximum atomic E-state index is 13.3. The Morgan fingerprint density at radius 3 is 2.81 bits per heavy atom. The molecular formula is C20H14ClN3O3. The Morgan fingerprint density at radius 2 is 1.96 bits per heavy atom. The average Bonchev–Trinajstić information content (AvgIpc) is 3.18. The Labute approximate surface area is 160 Å². The van der Waals surface area contributed by atoms with E-state index in [1.807, 2.05) is 36.4 Å². The van der Waals surface area contributed by atoms with Gasteiger partial charge in [-0.2, -0.15) is 0 Å². The molecule has 1 N–H and O–H groups in total. The number of nitrogens with one attached hydrogen (secondary N) is 1. The second-order valence-corrected chi connectivity index (χ2v) is 6.62. The predicted molar refractivity (Wildman–Crippen MR) is 101 cm³/mol. The number of benzene rings is 2. The number of amides is 1. The SMILES string of the molecule is O=C1c2ccccc2NC(c2cccc3c2OCO3)N1c1ccc(Cl)cn1. The van der Waals surface area contributed by atoms with Crippen LogP contribution < -0.4 is 19.7 Å². The lowest BCUT2D eigenvalue weighted by molar-refractivity contribution is 0.0973. The summed E-state index contributed by atoms with van der Waals surface area (Å²) in [5, 5.41) is 3.94. The van der Waals surface area contributed by atoms with E-state index in [2.05, 4.69) is 10.3 Å². The monoisotopic (exact) mass is 379 g/mol. The number of aromatic nitrogens is 1. The fourth-order valence-electron chi connectivity index (χ4n) is 3.39. The summed E-state index contributed by atoms with van der Waals surface area (Å²) in [6.07, 6.45) is 1.02. The second kappa shape index (κ2) is 6.17. The number of anilines is 2. The zero-order valence-electron chi connectivity index (χ0n) is 14.1. The van der Waals surface area contributed by atoms with Crippen LogP contribution in [0.3, 0.4) is 0 Å². The zero-order valence-corrected chi connectivity index (χ0v) is 14.8. The molecule has 0 fully saturated rings. The van der Waals surface area contributed by atoms with Gasteiger partial charge in [0.2, 0.25) is 6.79 Å². The lowest BCUT2D eigenvalue weighted by Gasteiger charge is -2.37. The van der Waals surface area contributed by atoms with Gasteiger partial charge in [-0.25, -0.2) is 4.98 Å². The van der Waals surface area contributed by atoms with Crippen LogP contribution in [0.25, 0.3) is 0 Å². The molecule has 0 saturated heterocycles. The molecule has 0 aliphatic carbocycles. The van der Waals surface area contributed by atoms with Crippen molar-refractivity contribution in [2.24, 2.45) is 0 Å². The normalized spacial score (nSPS) is 17.4. The van der Waals surface area contributed by atoms with E-state index in [0.29, 0.717) is 27.9 Å². The molecule has 7 heteroatoms. The summed E-state index contributed by atoms with van der Waals surface area (Å²) in [5.41, 5.74) is 2.13. The van der Waals surface area contributed by atoms with Gasteiger partial charge in [-0.1, -0.05) is 35.9 Å². The highest BCUT2D eigenvalue weighted by molar-refractivity contribution is 6.30. The third-order valence-electron chi connectivity index (χ3n) is 4.61. The van der Waals surface area contributed by atoms with E-state index in [0.717, 1.165) is 11.3 Å². The number of rotatable bonds is 2.